The smallest absolute Gasteiger partial charge is 0.152 e. The van der Waals surface area contributed by atoms with Gasteiger partial charge in [0.2, 0.25) is 0 Å². The molecule has 0 spiro atoms. The lowest BCUT2D eigenvalue weighted by Gasteiger charge is -2.23. The molecular formula is C19H20N2O2. The second-order valence-corrected chi connectivity index (χ2v) is 5.93. The summed E-state index contributed by atoms with van der Waals surface area (Å²) in [5.41, 5.74) is 3.08. The second kappa shape index (κ2) is 6.42. The van der Waals surface area contributed by atoms with Crippen LogP contribution in [0.15, 0.2) is 59.5 Å². The van der Waals surface area contributed by atoms with Crippen molar-refractivity contribution in [1.82, 2.24) is 9.55 Å². The topological polar surface area (TPSA) is 40.2 Å². The van der Waals surface area contributed by atoms with Crippen LogP contribution < -0.4 is 0 Å². The quantitative estimate of drug-likeness (QED) is 0.718. The van der Waals surface area contributed by atoms with Gasteiger partial charge in [0.05, 0.1) is 30.9 Å². The molecule has 3 heterocycles. The van der Waals surface area contributed by atoms with E-state index in [1.54, 1.807) is 6.26 Å². The first-order valence-corrected chi connectivity index (χ1v) is 8.18. The average Bonchev–Trinajstić information content (AvgIpc) is 3.26. The van der Waals surface area contributed by atoms with Crippen molar-refractivity contribution in [3.8, 4) is 22.7 Å². The zero-order chi connectivity index (χ0) is 15.5. The monoisotopic (exact) mass is 308 g/mol. The standard InChI is InChI=1S/C19H20N2O2/c1-2-7-15(8-3-1)18-19(17-10-6-12-23-17)21(14-20-18)13-16-9-4-5-11-22-16/h1-3,6-8,10,12,14,16H,4-5,9,11,13H2. The van der Waals surface area contributed by atoms with Crippen molar-refractivity contribution in [1.29, 1.82) is 0 Å². The lowest BCUT2D eigenvalue weighted by Crippen LogP contribution is -2.24. The highest BCUT2D eigenvalue weighted by Crippen LogP contribution is 2.32. The Bertz CT molecular complexity index is 741. The van der Waals surface area contributed by atoms with Crippen LogP contribution >= 0.6 is 0 Å². The van der Waals surface area contributed by atoms with Gasteiger partial charge in [0.1, 0.15) is 5.69 Å². The van der Waals surface area contributed by atoms with Crippen molar-refractivity contribution in [2.75, 3.05) is 6.61 Å². The number of hydrogen-bond acceptors (Lipinski definition) is 3. The SMILES string of the molecule is c1ccc(-c2ncn(CC3CCCCO3)c2-c2ccco2)cc1. The summed E-state index contributed by atoms with van der Waals surface area (Å²) in [5.74, 6) is 0.845. The number of aromatic nitrogens is 2. The molecule has 0 bridgehead atoms. The highest BCUT2D eigenvalue weighted by Gasteiger charge is 2.21. The van der Waals surface area contributed by atoms with Crippen LogP contribution in [0, 0.1) is 0 Å². The van der Waals surface area contributed by atoms with Crippen LogP contribution in [0.1, 0.15) is 19.3 Å². The van der Waals surface area contributed by atoms with Gasteiger partial charge >= 0.3 is 0 Å². The van der Waals surface area contributed by atoms with Gasteiger partial charge in [-0.15, -0.1) is 0 Å². The zero-order valence-electron chi connectivity index (χ0n) is 13.0. The van der Waals surface area contributed by atoms with E-state index in [2.05, 4.69) is 21.7 Å². The molecule has 2 aromatic heterocycles. The Kier molecular flexibility index (Phi) is 3.99. The van der Waals surface area contributed by atoms with E-state index in [4.69, 9.17) is 9.15 Å². The van der Waals surface area contributed by atoms with Crippen LogP contribution in [0.4, 0.5) is 0 Å². The molecule has 1 aliphatic heterocycles. The van der Waals surface area contributed by atoms with Crippen LogP contribution in [-0.2, 0) is 11.3 Å². The minimum Gasteiger partial charge on any atom is -0.463 e. The summed E-state index contributed by atoms with van der Waals surface area (Å²) in [5, 5.41) is 0. The van der Waals surface area contributed by atoms with Gasteiger partial charge in [-0.05, 0) is 31.4 Å². The highest BCUT2D eigenvalue weighted by atomic mass is 16.5. The first kappa shape index (κ1) is 14.3. The second-order valence-electron chi connectivity index (χ2n) is 5.93. The Labute approximate surface area is 135 Å². The van der Waals surface area contributed by atoms with E-state index in [1.165, 1.54) is 12.8 Å². The number of hydrogen-bond donors (Lipinski definition) is 0. The number of ether oxygens (including phenoxy) is 1. The molecule has 0 aliphatic carbocycles. The first-order chi connectivity index (χ1) is 11.4. The van der Waals surface area contributed by atoms with E-state index < -0.39 is 0 Å². The van der Waals surface area contributed by atoms with Gasteiger partial charge in [-0.3, -0.25) is 0 Å². The highest BCUT2D eigenvalue weighted by molar-refractivity contribution is 5.76. The summed E-state index contributed by atoms with van der Waals surface area (Å²) in [6, 6.07) is 14.1. The summed E-state index contributed by atoms with van der Waals surface area (Å²) in [6.07, 6.45) is 7.38. The molecule has 0 radical (unpaired) electrons. The van der Waals surface area contributed by atoms with Gasteiger partial charge in [-0.2, -0.15) is 0 Å². The molecule has 0 N–H and O–H groups in total. The maximum Gasteiger partial charge on any atom is 0.152 e. The molecule has 0 saturated carbocycles. The third kappa shape index (κ3) is 2.94. The lowest BCUT2D eigenvalue weighted by atomic mass is 10.1. The van der Waals surface area contributed by atoms with E-state index in [9.17, 15) is 0 Å². The van der Waals surface area contributed by atoms with Gasteiger partial charge in [0.15, 0.2) is 5.76 Å². The molecule has 4 nitrogen and oxygen atoms in total. The Morgan fingerprint density at radius 1 is 1.09 bits per heavy atom. The molecule has 118 valence electrons. The van der Waals surface area contributed by atoms with Crippen LogP contribution in [0.2, 0.25) is 0 Å². The van der Waals surface area contributed by atoms with Gasteiger partial charge in [0, 0.05) is 12.2 Å². The average molecular weight is 308 g/mol. The van der Waals surface area contributed by atoms with E-state index in [-0.39, 0.29) is 6.10 Å². The molecule has 1 atom stereocenters. The Morgan fingerprint density at radius 3 is 2.74 bits per heavy atom. The number of furan rings is 1. The van der Waals surface area contributed by atoms with Crippen LogP contribution in [0.5, 0.6) is 0 Å². The molecule has 4 rings (SSSR count). The molecule has 4 heteroatoms. The van der Waals surface area contributed by atoms with E-state index >= 15 is 0 Å². The fraction of sp³-hybridized carbons (Fsp3) is 0.316. The summed E-state index contributed by atoms with van der Waals surface area (Å²) < 4.78 is 13.7. The fourth-order valence-electron chi connectivity index (χ4n) is 3.17. The number of nitrogens with zero attached hydrogens (tertiary/aromatic N) is 2. The van der Waals surface area contributed by atoms with Crippen molar-refractivity contribution in [2.24, 2.45) is 0 Å². The Morgan fingerprint density at radius 2 is 2.00 bits per heavy atom. The third-order valence-corrected chi connectivity index (χ3v) is 4.31. The van der Waals surface area contributed by atoms with Crippen LogP contribution in [0.3, 0.4) is 0 Å². The molecule has 1 fully saturated rings. The number of benzene rings is 1. The first-order valence-electron chi connectivity index (χ1n) is 8.18. The van der Waals surface area contributed by atoms with Gasteiger partial charge in [-0.25, -0.2) is 4.98 Å². The molecule has 1 saturated heterocycles. The summed E-state index contributed by atoms with van der Waals surface area (Å²) in [7, 11) is 0. The van der Waals surface area contributed by atoms with Crippen molar-refractivity contribution >= 4 is 0 Å². The fourth-order valence-corrected chi connectivity index (χ4v) is 3.17. The van der Waals surface area contributed by atoms with Crippen molar-refractivity contribution in [3.05, 3.63) is 55.1 Å². The number of imidazole rings is 1. The maximum absolute atomic E-state index is 5.89. The lowest BCUT2D eigenvalue weighted by molar-refractivity contribution is 0.00619. The summed E-state index contributed by atoms with van der Waals surface area (Å²) in [4.78, 5) is 4.66. The minimum absolute atomic E-state index is 0.260. The predicted molar refractivity (Wildman–Crippen MR) is 89.0 cm³/mol. The zero-order valence-corrected chi connectivity index (χ0v) is 13.0. The van der Waals surface area contributed by atoms with E-state index in [1.807, 2.05) is 36.7 Å². The minimum atomic E-state index is 0.260. The van der Waals surface area contributed by atoms with Crippen LogP contribution in [0.25, 0.3) is 22.7 Å². The largest absolute Gasteiger partial charge is 0.463 e. The number of rotatable bonds is 4. The Balaban J connectivity index is 1.73. The summed E-state index contributed by atoms with van der Waals surface area (Å²) >= 11 is 0. The predicted octanol–water partition coefficient (Wildman–Crippen LogP) is 4.38. The van der Waals surface area contributed by atoms with Crippen molar-refractivity contribution in [3.63, 3.8) is 0 Å². The molecular weight excluding hydrogens is 288 g/mol. The maximum atomic E-state index is 5.89. The van der Waals surface area contributed by atoms with Gasteiger partial charge < -0.3 is 13.7 Å². The van der Waals surface area contributed by atoms with Crippen molar-refractivity contribution < 1.29 is 9.15 Å². The van der Waals surface area contributed by atoms with Crippen molar-refractivity contribution in [2.45, 2.75) is 31.9 Å². The Hall–Kier alpha value is -2.33. The molecule has 1 unspecified atom stereocenters. The molecule has 0 amide bonds. The molecule has 1 aliphatic rings. The summed E-state index contributed by atoms with van der Waals surface area (Å²) in [6.45, 7) is 1.68. The van der Waals surface area contributed by atoms with E-state index in [0.717, 1.165) is 42.3 Å². The van der Waals surface area contributed by atoms with E-state index in [0.29, 0.717) is 0 Å². The van der Waals surface area contributed by atoms with Gasteiger partial charge in [-0.1, -0.05) is 30.3 Å². The third-order valence-electron chi connectivity index (χ3n) is 4.31. The molecule has 23 heavy (non-hydrogen) atoms. The normalized spacial score (nSPS) is 18.2. The van der Waals surface area contributed by atoms with Crippen LogP contribution in [-0.4, -0.2) is 22.3 Å². The molecule has 1 aromatic carbocycles. The molecule has 3 aromatic rings. The van der Waals surface area contributed by atoms with Gasteiger partial charge in [0.25, 0.3) is 0 Å².